The molecule has 2 aliphatic carbocycles. The largest absolute Gasteiger partial charge is 0.444 e. The first-order chi connectivity index (χ1) is 18.6. The van der Waals surface area contributed by atoms with E-state index in [4.69, 9.17) is 4.74 Å². The second-order valence-electron chi connectivity index (χ2n) is 12.8. The lowest BCUT2D eigenvalue weighted by Gasteiger charge is -2.30. The van der Waals surface area contributed by atoms with Gasteiger partial charge in [0.25, 0.3) is 5.91 Å². The highest BCUT2D eigenvalue weighted by Gasteiger charge is 2.63. The highest BCUT2D eigenvalue weighted by molar-refractivity contribution is 7.91. The molecule has 4 amide bonds. The molecule has 4 aliphatic rings. The molecule has 0 radical (unpaired) electrons. The van der Waals surface area contributed by atoms with Crippen LogP contribution in [-0.4, -0.2) is 82.9 Å². The molecular formula is C27H42N4O8S. The molecule has 40 heavy (non-hydrogen) atoms. The first-order valence-corrected chi connectivity index (χ1v) is 15.6. The summed E-state index contributed by atoms with van der Waals surface area (Å²) in [5, 5.41) is 15.8. The Balaban J connectivity index is 1.57. The van der Waals surface area contributed by atoms with Crippen LogP contribution >= 0.6 is 0 Å². The van der Waals surface area contributed by atoms with E-state index in [-0.39, 0.29) is 19.4 Å². The molecule has 3 fully saturated rings. The second-order valence-corrected chi connectivity index (χ2v) is 15.0. The van der Waals surface area contributed by atoms with E-state index in [1.165, 1.54) is 4.90 Å². The fourth-order valence-corrected chi connectivity index (χ4v) is 6.64. The van der Waals surface area contributed by atoms with Gasteiger partial charge in [0.15, 0.2) is 0 Å². The van der Waals surface area contributed by atoms with Crippen molar-refractivity contribution in [2.24, 2.45) is 5.92 Å². The van der Waals surface area contributed by atoms with Crippen LogP contribution in [0.2, 0.25) is 0 Å². The van der Waals surface area contributed by atoms with Crippen LogP contribution in [0.4, 0.5) is 4.79 Å². The molecule has 224 valence electrons. The number of carbonyl (C=O) groups excluding carboxylic acids is 4. The summed E-state index contributed by atoms with van der Waals surface area (Å²) >= 11 is 0. The summed E-state index contributed by atoms with van der Waals surface area (Å²) in [5.74, 6) is -2.38. The standard InChI is InChI=1S/C27H42N4O8S/c1-25(2,3)39-24(36)28-19-11-9-7-5-6-8-10-17-15-27(17,23(35)30-40(37,38)26(4)12-13-26)29-21(33)20-14-18(32)16-31(20)22(19)34/h8,10,17-20,32H,5-7,9,11-16H2,1-4H3,(H,28,36)(H,29,33)(H,30,35). The Morgan fingerprint density at radius 3 is 2.52 bits per heavy atom. The van der Waals surface area contributed by atoms with Crippen LogP contribution in [0.15, 0.2) is 12.2 Å². The van der Waals surface area contributed by atoms with Gasteiger partial charge in [0, 0.05) is 18.9 Å². The van der Waals surface area contributed by atoms with Gasteiger partial charge in [0.05, 0.1) is 10.9 Å². The molecule has 0 aromatic carbocycles. The number of amides is 4. The zero-order valence-corrected chi connectivity index (χ0v) is 24.5. The van der Waals surface area contributed by atoms with Crippen LogP contribution in [0.1, 0.15) is 85.5 Å². The molecule has 0 spiro atoms. The number of carbonyl (C=O) groups is 4. The van der Waals surface area contributed by atoms with Crippen LogP contribution in [0.3, 0.4) is 0 Å². The van der Waals surface area contributed by atoms with Crippen molar-refractivity contribution in [3.8, 4) is 0 Å². The number of aliphatic hydroxyl groups excluding tert-OH is 1. The van der Waals surface area contributed by atoms with Gasteiger partial charge in [-0.2, -0.15) is 0 Å². The van der Waals surface area contributed by atoms with E-state index < -0.39 is 73.8 Å². The number of aliphatic hydroxyl groups is 1. The smallest absolute Gasteiger partial charge is 0.408 e. The number of sulfonamides is 1. The molecule has 5 atom stereocenters. The van der Waals surface area contributed by atoms with Crippen molar-refractivity contribution >= 4 is 33.8 Å². The van der Waals surface area contributed by atoms with Gasteiger partial charge < -0.3 is 25.4 Å². The summed E-state index contributed by atoms with van der Waals surface area (Å²) in [4.78, 5) is 54.4. The molecule has 4 rings (SSSR count). The zero-order valence-electron chi connectivity index (χ0n) is 23.7. The third kappa shape index (κ3) is 6.62. The van der Waals surface area contributed by atoms with Crippen molar-refractivity contribution in [2.75, 3.05) is 6.54 Å². The number of rotatable bonds is 4. The van der Waals surface area contributed by atoms with Crippen LogP contribution in [0, 0.1) is 5.92 Å². The number of hydrogen-bond donors (Lipinski definition) is 4. The molecule has 5 unspecified atom stereocenters. The highest BCUT2D eigenvalue weighted by Crippen LogP contribution is 2.47. The van der Waals surface area contributed by atoms with E-state index in [0.29, 0.717) is 32.1 Å². The SMILES string of the molecule is CC(C)(C)OC(=O)NC1CCCCCC=CC2CC2(C(=O)NS(=O)(=O)C2(C)CC2)NC(=O)C2CC(O)CN2C1=O. The van der Waals surface area contributed by atoms with E-state index in [1.54, 1.807) is 27.7 Å². The lowest BCUT2D eigenvalue weighted by atomic mass is 10.0. The molecule has 13 heteroatoms. The Labute approximate surface area is 235 Å². The molecule has 2 saturated carbocycles. The van der Waals surface area contributed by atoms with E-state index in [9.17, 15) is 32.7 Å². The number of alkyl carbamates (subject to hydrolysis) is 1. The molecular weight excluding hydrogens is 540 g/mol. The quantitative estimate of drug-likeness (QED) is 0.359. The van der Waals surface area contributed by atoms with Crippen molar-refractivity contribution in [1.82, 2.24) is 20.3 Å². The van der Waals surface area contributed by atoms with E-state index >= 15 is 0 Å². The van der Waals surface area contributed by atoms with E-state index in [2.05, 4.69) is 15.4 Å². The van der Waals surface area contributed by atoms with Crippen LogP contribution in [0.5, 0.6) is 0 Å². The Morgan fingerprint density at radius 2 is 1.88 bits per heavy atom. The maximum Gasteiger partial charge on any atom is 0.408 e. The summed E-state index contributed by atoms with van der Waals surface area (Å²) < 4.78 is 32.1. The average Bonchev–Trinajstić information content (AvgIpc) is 3.71. The second kappa shape index (κ2) is 11.0. The van der Waals surface area contributed by atoms with Gasteiger partial charge in [-0.1, -0.05) is 25.0 Å². The topological polar surface area (TPSA) is 171 Å². The summed E-state index contributed by atoms with van der Waals surface area (Å²) in [7, 11) is -3.93. The van der Waals surface area contributed by atoms with Crippen LogP contribution in [-0.2, 0) is 29.1 Å². The van der Waals surface area contributed by atoms with Gasteiger partial charge in [-0.3, -0.25) is 19.1 Å². The Bertz CT molecular complexity index is 1180. The summed E-state index contributed by atoms with van der Waals surface area (Å²) in [6, 6.07) is -2.06. The number of fused-ring (bicyclic) bond motifs is 2. The minimum atomic E-state index is -3.93. The molecule has 0 bridgehead atoms. The predicted octanol–water partition coefficient (Wildman–Crippen LogP) is 1.24. The summed E-state index contributed by atoms with van der Waals surface area (Å²) in [6.45, 7) is 6.60. The van der Waals surface area contributed by atoms with Crippen molar-refractivity contribution in [3.63, 3.8) is 0 Å². The third-order valence-corrected chi connectivity index (χ3v) is 10.3. The van der Waals surface area contributed by atoms with Crippen molar-refractivity contribution in [2.45, 2.75) is 120 Å². The van der Waals surface area contributed by atoms with Gasteiger partial charge in [0.1, 0.15) is 23.2 Å². The zero-order chi connectivity index (χ0) is 29.5. The van der Waals surface area contributed by atoms with Crippen molar-refractivity contribution in [1.29, 1.82) is 0 Å². The van der Waals surface area contributed by atoms with Gasteiger partial charge >= 0.3 is 6.09 Å². The van der Waals surface area contributed by atoms with Gasteiger partial charge in [-0.05, 0) is 66.2 Å². The molecule has 0 aromatic rings. The Morgan fingerprint density at radius 1 is 1.18 bits per heavy atom. The fraction of sp³-hybridized carbons (Fsp3) is 0.778. The van der Waals surface area contributed by atoms with Crippen LogP contribution < -0.4 is 15.4 Å². The number of allylic oxidation sites excluding steroid dienone is 1. The van der Waals surface area contributed by atoms with Gasteiger partial charge in [0.2, 0.25) is 21.8 Å². The lowest BCUT2D eigenvalue weighted by Crippen LogP contribution is -2.58. The normalized spacial score (nSPS) is 32.5. The van der Waals surface area contributed by atoms with Crippen LogP contribution in [0.25, 0.3) is 0 Å². The number of nitrogens with zero attached hydrogens (tertiary/aromatic N) is 1. The maximum absolute atomic E-state index is 13.7. The lowest BCUT2D eigenvalue weighted by molar-refractivity contribution is -0.141. The van der Waals surface area contributed by atoms with Crippen molar-refractivity contribution in [3.05, 3.63) is 12.2 Å². The molecule has 2 heterocycles. The molecule has 2 aliphatic heterocycles. The monoisotopic (exact) mass is 582 g/mol. The number of nitrogens with one attached hydrogen (secondary N) is 3. The first kappa shape index (κ1) is 30.3. The first-order valence-electron chi connectivity index (χ1n) is 14.1. The molecule has 4 N–H and O–H groups in total. The summed E-state index contributed by atoms with van der Waals surface area (Å²) in [6.07, 6.45) is 6.36. The Kier molecular flexibility index (Phi) is 8.30. The summed E-state index contributed by atoms with van der Waals surface area (Å²) in [5.41, 5.74) is -2.24. The molecule has 1 saturated heterocycles. The van der Waals surface area contributed by atoms with Gasteiger partial charge in [-0.15, -0.1) is 0 Å². The molecule has 0 aromatic heterocycles. The number of hydrogen-bond acceptors (Lipinski definition) is 8. The third-order valence-electron chi connectivity index (χ3n) is 8.18. The van der Waals surface area contributed by atoms with Crippen molar-refractivity contribution < 1.29 is 37.4 Å². The minimum absolute atomic E-state index is 0.0503. The Hall–Kier alpha value is -2.67. The van der Waals surface area contributed by atoms with Gasteiger partial charge in [-0.25, -0.2) is 13.2 Å². The maximum atomic E-state index is 13.7. The number of ether oxygens (including phenoxy) is 1. The highest BCUT2D eigenvalue weighted by atomic mass is 32.2. The van der Waals surface area contributed by atoms with E-state index in [1.807, 2.05) is 12.2 Å². The average molecular weight is 583 g/mol. The van der Waals surface area contributed by atoms with E-state index in [0.717, 1.165) is 12.8 Å². The minimum Gasteiger partial charge on any atom is -0.444 e. The fourth-order valence-electron chi connectivity index (χ4n) is 5.33. The molecule has 12 nitrogen and oxygen atoms in total. The predicted molar refractivity (Wildman–Crippen MR) is 145 cm³/mol.